The highest BCUT2D eigenvalue weighted by molar-refractivity contribution is 5.87. The van der Waals surface area contributed by atoms with E-state index in [0.29, 0.717) is 32.1 Å². The molecule has 0 aromatic carbocycles. The normalized spacial score (nSPS) is 26.8. The highest BCUT2D eigenvalue weighted by atomic mass is 19.4. The molecule has 7 heteroatoms. The van der Waals surface area contributed by atoms with Crippen LogP contribution in [0.5, 0.6) is 0 Å². The second kappa shape index (κ2) is 6.53. The Bertz CT molecular complexity index is 492. The van der Waals surface area contributed by atoms with Gasteiger partial charge in [-0.25, -0.2) is 9.59 Å². The molecule has 2 saturated carbocycles. The Balaban J connectivity index is 2.16. The fourth-order valence-corrected chi connectivity index (χ4v) is 3.67. The van der Waals surface area contributed by atoms with Crippen molar-refractivity contribution in [1.82, 2.24) is 0 Å². The van der Waals surface area contributed by atoms with Crippen LogP contribution >= 0.6 is 0 Å². The first-order valence-corrected chi connectivity index (χ1v) is 7.82. The molecular weight excluding hydrogens is 313 g/mol. The molecule has 2 aliphatic rings. The number of hydrogen-bond acceptors (Lipinski definition) is 4. The van der Waals surface area contributed by atoms with Crippen LogP contribution in [0.3, 0.4) is 0 Å². The van der Waals surface area contributed by atoms with Crippen molar-refractivity contribution in [3.8, 4) is 0 Å². The van der Waals surface area contributed by atoms with Gasteiger partial charge in [0.25, 0.3) is 0 Å². The summed E-state index contributed by atoms with van der Waals surface area (Å²) in [5, 5.41) is 0. The smallest absolute Gasteiger partial charge is 0.455 e. The first-order chi connectivity index (χ1) is 10.7. The first kappa shape index (κ1) is 17.8. The van der Waals surface area contributed by atoms with E-state index in [1.54, 1.807) is 0 Å². The molecule has 0 bridgehead atoms. The molecule has 0 aliphatic heterocycles. The number of alkyl halides is 3. The minimum absolute atomic E-state index is 0.248. The minimum atomic E-state index is -5.01. The fourth-order valence-electron chi connectivity index (χ4n) is 3.67. The van der Waals surface area contributed by atoms with E-state index < -0.39 is 29.8 Å². The van der Waals surface area contributed by atoms with Gasteiger partial charge in [-0.15, -0.1) is 0 Å². The second-order valence-electron chi connectivity index (χ2n) is 6.42. The van der Waals surface area contributed by atoms with Crippen molar-refractivity contribution >= 4 is 11.9 Å². The third-order valence-electron chi connectivity index (χ3n) is 4.71. The maximum Gasteiger partial charge on any atom is 0.490 e. The van der Waals surface area contributed by atoms with E-state index in [4.69, 9.17) is 9.47 Å². The molecule has 130 valence electrons. The van der Waals surface area contributed by atoms with E-state index in [2.05, 4.69) is 6.58 Å². The lowest BCUT2D eigenvalue weighted by Crippen LogP contribution is -2.46. The van der Waals surface area contributed by atoms with E-state index >= 15 is 0 Å². The van der Waals surface area contributed by atoms with E-state index in [-0.39, 0.29) is 11.5 Å². The van der Waals surface area contributed by atoms with Gasteiger partial charge in [-0.2, -0.15) is 13.2 Å². The zero-order valence-corrected chi connectivity index (χ0v) is 13.1. The second-order valence-corrected chi connectivity index (χ2v) is 6.42. The molecule has 0 spiro atoms. The summed E-state index contributed by atoms with van der Waals surface area (Å²) in [6, 6.07) is 0. The van der Waals surface area contributed by atoms with Crippen molar-refractivity contribution in [1.29, 1.82) is 0 Å². The third-order valence-corrected chi connectivity index (χ3v) is 4.71. The molecule has 0 aromatic heterocycles. The Morgan fingerprint density at radius 2 is 1.74 bits per heavy atom. The number of esters is 2. The number of rotatable bonds is 4. The fraction of sp³-hybridized carbons (Fsp3) is 0.750. The van der Waals surface area contributed by atoms with E-state index in [9.17, 15) is 22.8 Å². The lowest BCUT2D eigenvalue weighted by Gasteiger charge is -2.38. The van der Waals surface area contributed by atoms with Gasteiger partial charge < -0.3 is 9.47 Å². The molecule has 2 rings (SSSR count). The van der Waals surface area contributed by atoms with Gasteiger partial charge in [-0.1, -0.05) is 6.58 Å². The molecule has 23 heavy (non-hydrogen) atoms. The monoisotopic (exact) mass is 334 g/mol. The predicted molar refractivity (Wildman–Crippen MR) is 75.4 cm³/mol. The van der Waals surface area contributed by atoms with Crippen molar-refractivity contribution in [3.05, 3.63) is 12.2 Å². The topological polar surface area (TPSA) is 52.6 Å². The van der Waals surface area contributed by atoms with Crippen LogP contribution in [0.15, 0.2) is 12.2 Å². The summed E-state index contributed by atoms with van der Waals surface area (Å²) in [5.74, 6) is -3.10. The predicted octanol–water partition coefficient (Wildman–Crippen LogP) is 3.69. The summed E-state index contributed by atoms with van der Waals surface area (Å²) < 4.78 is 47.7. The average Bonchev–Trinajstić information content (AvgIpc) is 3.07. The SMILES string of the molecule is C=C(C)C(=O)OC1(C2CCCC2OC(=O)C(F)(F)F)CCCC1. The summed E-state index contributed by atoms with van der Waals surface area (Å²) >= 11 is 0. The number of carbonyl (C=O) groups excluding carboxylic acids is 2. The largest absolute Gasteiger partial charge is 0.490 e. The molecule has 0 radical (unpaired) electrons. The molecule has 0 aromatic rings. The summed E-state index contributed by atoms with van der Waals surface area (Å²) in [4.78, 5) is 23.1. The van der Waals surface area contributed by atoms with Gasteiger partial charge >= 0.3 is 18.1 Å². The van der Waals surface area contributed by atoms with E-state index in [0.717, 1.165) is 12.8 Å². The number of halogens is 3. The maximum absolute atomic E-state index is 12.4. The van der Waals surface area contributed by atoms with Gasteiger partial charge in [-0.3, -0.25) is 0 Å². The summed E-state index contributed by atoms with van der Waals surface area (Å²) in [6.07, 6.45) is -1.46. The Labute approximate surface area is 133 Å². The summed E-state index contributed by atoms with van der Waals surface area (Å²) in [5.41, 5.74) is -0.596. The van der Waals surface area contributed by atoms with Crippen molar-refractivity contribution in [3.63, 3.8) is 0 Å². The van der Waals surface area contributed by atoms with Crippen LogP contribution < -0.4 is 0 Å². The van der Waals surface area contributed by atoms with Gasteiger partial charge in [0.1, 0.15) is 11.7 Å². The van der Waals surface area contributed by atoms with Gasteiger partial charge in [-0.05, 0) is 51.9 Å². The van der Waals surface area contributed by atoms with Crippen molar-refractivity contribution in [2.24, 2.45) is 5.92 Å². The Kier molecular flexibility index (Phi) is 5.06. The van der Waals surface area contributed by atoms with Crippen LogP contribution in [0.25, 0.3) is 0 Å². The Morgan fingerprint density at radius 1 is 1.13 bits per heavy atom. The zero-order chi connectivity index (χ0) is 17.3. The van der Waals surface area contributed by atoms with Crippen LogP contribution in [0.2, 0.25) is 0 Å². The number of carbonyl (C=O) groups is 2. The zero-order valence-electron chi connectivity index (χ0n) is 13.1. The van der Waals surface area contributed by atoms with Gasteiger partial charge in [0, 0.05) is 11.5 Å². The lowest BCUT2D eigenvalue weighted by molar-refractivity contribution is -0.211. The molecule has 2 unspecified atom stereocenters. The number of hydrogen-bond donors (Lipinski definition) is 0. The van der Waals surface area contributed by atoms with Crippen LogP contribution in [-0.4, -0.2) is 29.8 Å². The van der Waals surface area contributed by atoms with Crippen molar-refractivity contribution in [2.75, 3.05) is 0 Å². The van der Waals surface area contributed by atoms with Crippen molar-refractivity contribution < 1.29 is 32.2 Å². The van der Waals surface area contributed by atoms with Crippen LogP contribution in [0.4, 0.5) is 13.2 Å². The van der Waals surface area contributed by atoms with Gasteiger partial charge in [0.2, 0.25) is 0 Å². The molecule has 0 saturated heterocycles. The van der Waals surface area contributed by atoms with Gasteiger partial charge in [0.05, 0.1) is 0 Å². The van der Waals surface area contributed by atoms with E-state index in [1.165, 1.54) is 6.92 Å². The summed E-state index contributed by atoms with van der Waals surface area (Å²) in [6.45, 7) is 5.07. The standard InChI is InChI=1S/C16H21F3O4/c1-10(2)13(20)23-15(8-3-4-9-15)11-6-5-7-12(11)22-14(21)16(17,18)19/h11-12H,1,3-9H2,2H3. The average molecular weight is 334 g/mol. The lowest BCUT2D eigenvalue weighted by atomic mass is 9.82. The first-order valence-electron chi connectivity index (χ1n) is 7.82. The molecule has 2 fully saturated rings. The summed E-state index contributed by atoms with van der Waals surface area (Å²) in [7, 11) is 0. The molecule has 0 amide bonds. The molecule has 2 aliphatic carbocycles. The molecule has 0 N–H and O–H groups in total. The van der Waals surface area contributed by atoms with Crippen LogP contribution in [0, 0.1) is 5.92 Å². The molecule has 0 heterocycles. The molecule has 2 atom stereocenters. The minimum Gasteiger partial charge on any atom is -0.455 e. The third kappa shape index (κ3) is 3.87. The Hall–Kier alpha value is -1.53. The van der Waals surface area contributed by atoms with Crippen LogP contribution in [-0.2, 0) is 19.1 Å². The molecule has 4 nitrogen and oxygen atoms in total. The Morgan fingerprint density at radius 3 is 2.26 bits per heavy atom. The molecular formula is C16H21F3O4. The van der Waals surface area contributed by atoms with Crippen molar-refractivity contribution in [2.45, 2.75) is 69.8 Å². The maximum atomic E-state index is 12.4. The van der Waals surface area contributed by atoms with Gasteiger partial charge in [0.15, 0.2) is 0 Å². The van der Waals surface area contributed by atoms with Crippen LogP contribution in [0.1, 0.15) is 51.9 Å². The van der Waals surface area contributed by atoms with E-state index in [1.807, 2.05) is 0 Å². The number of ether oxygens (including phenoxy) is 2. The quantitative estimate of drug-likeness (QED) is 0.581. The highest BCUT2D eigenvalue weighted by Gasteiger charge is 2.53. The highest BCUT2D eigenvalue weighted by Crippen LogP contribution is 2.48.